The summed E-state index contributed by atoms with van der Waals surface area (Å²) in [6.45, 7) is 0.649. The molecule has 0 amide bonds. The number of para-hydroxylation sites is 1. The molecule has 22 heavy (non-hydrogen) atoms. The minimum Gasteiger partial charge on any atom is -0.490 e. The number of rotatable bonds is 4. The van der Waals surface area contributed by atoms with Crippen LogP contribution in [-0.2, 0) is 0 Å². The number of benzene rings is 1. The van der Waals surface area contributed by atoms with Crippen molar-refractivity contribution in [2.24, 2.45) is 0 Å². The number of fused-ring (bicyclic) bond motifs is 1. The second kappa shape index (κ2) is 6.37. The number of aromatic nitrogens is 1. The third kappa shape index (κ3) is 3.08. The van der Waals surface area contributed by atoms with E-state index < -0.39 is 11.9 Å². The number of nitrogens with one attached hydrogen (secondary N) is 1. The van der Waals surface area contributed by atoms with E-state index in [0.717, 1.165) is 11.8 Å². The van der Waals surface area contributed by atoms with Gasteiger partial charge in [-0.3, -0.25) is 4.98 Å². The van der Waals surface area contributed by atoms with E-state index in [1.54, 1.807) is 12.1 Å². The molecule has 3 rings (SSSR count). The van der Waals surface area contributed by atoms with Crippen molar-refractivity contribution >= 4 is 0 Å². The highest BCUT2D eigenvalue weighted by atomic mass is 19.1. The molecular weight excluding hydrogens is 290 g/mol. The quantitative estimate of drug-likeness (QED) is 0.911. The number of nitrogens with zero attached hydrogens (tertiary/aromatic N) is 1. The van der Waals surface area contributed by atoms with Crippen molar-refractivity contribution in [2.75, 3.05) is 13.2 Å². The van der Waals surface area contributed by atoms with Crippen LogP contribution in [0, 0.1) is 11.6 Å². The highest BCUT2D eigenvalue weighted by Gasteiger charge is 2.24. The maximum Gasteiger partial charge on any atom is 0.165 e. The van der Waals surface area contributed by atoms with Crippen molar-refractivity contribution in [2.45, 2.75) is 18.6 Å². The van der Waals surface area contributed by atoms with Crippen LogP contribution in [-0.4, -0.2) is 23.2 Å². The number of hydrogen-bond acceptors (Lipinski definition) is 4. The smallest absolute Gasteiger partial charge is 0.165 e. The van der Waals surface area contributed by atoms with Gasteiger partial charge in [-0.05, 0) is 18.2 Å². The van der Waals surface area contributed by atoms with Gasteiger partial charge >= 0.3 is 0 Å². The maximum absolute atomic E-state index is 13.7. The lowest BCUT2D eigenvalue weighted by atomic mass is 10.00. The Morgan fingerprint density at radius 1 is 1.32 bits per heavy atom. The molecule has 2 heterocycles. The van der Waals surface area contributed by atoms with E-state index in [9.17, 15) is 13.9 Å². The van der Waals surface area contributed by atoms with Gasteiger partial charge in [-0.15, -0.1) is 0 Å². The van der Waals surface area contributed by atoms with E-state index in [4.69, 9.17) is 4.74 Å². The number of halogens is 2. The average Bonchev–Trinajstić information content (AvgIpc) is 2.54. The first kappa shape index (κ1) is 14.9. The molecule has 0 spiro atoms. The molecule has 1 unspecified atom stereocenters. The van der Waals surface area contributed by atoms with Gasteiger partial charge in [0.1, 0.15) is 11.9 Å². The first-order valence-electron chi connectivity index (χ1n) is 7.09. The van der Waals surface area contributed by atoms with E-state index in [1.807, 2.05) is 0 Å². The van der Waals surface area contributed by atoms with Gasteiger partial charge in [0.2, 0.25) is 0 Å². The normalized spacial score (nSPS) is 18.4. The van der Waals surface area contributed by atoms with Gasteiger partial charge in [-0.25, -0.2) is 8.78 Å². The van der Waals surface area contributed by atoms with Crippen molar-refractivity contribution in [1.82, 2.24) is 10.3 Å². The molecule has 2 atom stereocenters. The molecule has 1 aliphatic heterocycles. The van der Waals surface area contributed by atoms with Crippen molar-refractivity contribution in [1.29, 1.82) is 0 Å². The largest absolute Gasteiger partial charge is 0.490 e. The Labute approximate surface area is 126 Å². The van der Waals surface area contributed by atoms with Crippen LogP contribution in [0.1, 0.15) is 29.8 Å². The molecule has 0 aliphatic carbocycles. The SMILES string of the molecule is OC(CN[C@H]1CCOc2c(F)cccc21)c1ccc(F)cn1. The Morgan fingerprint density at radius 2 is 2.18 bits per heavy atom. The molecule has 0 bridgehead atoms. The molecule has 1 aromatic carbocycles. The summed E-state index contributed by atoms with van der Waals surface area (Å²) < 4.78 is 31.9. The Hall–Kier alpha value is -2.05. The zero-order valence-electron chi connectivity index (χ0n) is 11.8. The van der Waals surface area contributed by atoms with Gasteiger partial charge < -0.3 is 15.2 Å². The number of aliphatic hydroxyl groups is 1. The Kier molecular flexibility index (Phi) is 4.31. The Morgan fingerprint density at radius 3 is 2.95 bits per heavy atom. The van der Waals surface area contributed by atoms with E-state index in [0.29, 0.717) is 18.7 Å². The van der Waals surface area contributed by atoms with Crippen LogP contribution in [0.15, 0.2) is 36.5 Å². The Balaban J connectivity index is 1.68. The lowest BCUT2D eigenvalue weighted by Gasteiger charge is -2.27. The van der Waals surface area contributed by atoms with E-state index in [1.165, 1.54) is 18.2 Å². The molecule has 0 fully saturated rings. The molecule has 116 valence electrons. The standard InChI is InChI=1S/C16H16F2N2O2/c17-10-4-5-14(19-8-10)15(21)9-20-13-6-7-22-16-11(13)2-1-3-12(16)18/h1-5,8,13,15,20-21H,6-7,9H2/t13-,15?/m0/s1. The van der Waals surface area contributed by atoms with Crippen LogP contribution in [0.3, 0.4) is 0 Å². The highest BCUT2D eigenvalue weighted by Crippen LogP contribution is 2.34. The van der Waals surface area contributed by atoms with Gasteiger partial charge in [0.05, 0.1) is 18.5 Å². The van der Waals surface area contributed by atoms with Crippen LogP contribution in [0.2, 0.25) is 0 Å². The summed E-state index contributed by atoms with van der Waals surface area (Å²) in [5.41, 5.74) is 1.13. The van der Waals surface area contributed by atoms with E-state index >= 15 is 0 Å². The van der Waals surface area contributed by atoms with Gasteiger partial charge in [0.25, 0.3) is 0 Å². The molecule has 2 N–H and O–H groups in total. The van der Waals surface area contributed by atoms with Gasteiger partial charge in [-0.1, -0.05) is 12.1 Å². The molecule has 1 aliphatic rings. The van der Waals surface area contributed by atoms with Gasteiger partial charge in [0.15, 0.2) is 11.6 Å². The third-order valence-corrected chi connectivity index (χ3v) is 3.68. The summed E-state index contributed by atoms with van der Waals surface area (Å²) in [4.78, 5) is 3.85. The van der Waals surface area contributed by atoms with Crippen LogP contribution in [0.5, 0.6) is 5.75 Å². The number of ether oxygens (including phenoxy) is 1. The van der Waals surface area contributed by atoms with E-state index in [2.05, 4.69) is 10.3 Å². The van der Waals surface area contributed by atoms with Gasteiger partial charge in [-0.2, -0.15) is 0 Å². The zero-order chi connectivity index (χ0) is 15.5. The molecule has 1 aromatic heterocycles. The summed E-state index contributed by atoms with van der Waals surface area (Å²) >= 11 is 0. The molecule has 0 saturated carbocycles. The zero-order valence-corrected chi connectivity index (χ0v) is 11.8. The average molecular weight is 306 g/mol. The summed E-state index contributed by atoms with van der Waals surface area (Å²) in [7, 11) is 0. The fourth-order valence-corrected chi connectivity index (χ4v) is 2.54. The molecule has 4 nitrogen and oxygen atoms in total. The number of aliphatic hydroxyl groups excluding tert-OH is 1. The topological polar surface area (TPSA) is 54.4 Å². The fourth-order valence-electron chi connectivity index (χ4n) is 2.54. The number of pyridine rings is 1. The molecule has 0 radical (unpaired) electrons. The van der Waals surface area contributed by atoms with E-state index in [-0.39, 0.29) is 24.2 Å². The molecule has 0 saturated heterocycles. The summed E-state index contributed by atoms with van der Waals surface area (Å²) in [6.07, 6.45) is 0.887. The summed E-state index contributed by atoms with van der Waals surface area (Å²) in [6, 6.07) is 7.39. The second-order valence-corrected chi connectivity index (χ2v) is 5.17. The lowest BCUT2D eigenvalue weighted by Crippen LogP contribution is -2.31. The maximum atomic E-state index is 13.7. The van der Waals surface area contributed by atoms with Crippen molar-refractivity contribution in [3.05, 3.63) is 59.4 Å². The van der Waals surface area contributed by atoms with Crippen LogP contribution >= 0.6 is 0 Å². The predicted octanol–water partition coefficient (Wildman–Crippen LogP) is 2.51. The molecule has 2 aromatic rings. The van der Waals surface area contributed by atoms with Crippen molar-refractivity contribution in [3.8, 4) is 5.75 Å². The fraction of sp³-hybridized carbons (Fsp3) is 0.312. The lowest BCUT2D eigenvalue weighted by molar-refractivity contribution is 0.157. The first-order valence-corrected chi connectivity index (χ1v) is 7.09. The summed E-state index contributed by atoms with van der Waals surface area (Å²) in [5, 5.41) is 13.3. The molecular formula is C16H16F2N2O2. The predicted molar refractivity (Wildman–Crippen MR) is 76.4 cm³/mol. The highest BCUT2D eigenvalue weighted by molar-refractivity contribution is 5.38. The van der Waals surface area contributed by atoms with Gasteiger partial charge in [0, 0.05) is 24.6 Å². The van der Waals surface area contributed by atoms with Crippen LogP contribution < -0.4 is 10.1 Å². The Bertz CT molecular complexity index is 649. The van der Waals surface area contributed by atoms with Crippen LogP contribution in [0.25, 0.3) is 0 Å². The van der Waals surface area contributed by atoms with Crippen molar-refractivity contribution < 1.29 is 18.6 Å². The monoisotopic (exact) mass is 306 g/mol. The summed E-state index contributed by atoms with van der Waals surface area (Å²) in [5.74, 6) is -0.567. The minimum atomic E-state index is -0.861. The minimum absolute atomic E-state index is 0.102. The second-order valence-electron chi connectivity index (χ2n) is 5.17. The van der Waals surface area contributed by atoms with Crippen LogP contribution in [0.4, 0.5) is 8.78 Å². The van der Waals surface area contributed by atoms with Crippen molar-refractivity contribution in [3.63, 3.8) is 0 Å². The molecule has 6 heteroatoms. The number of hydrogen-bond donors (Lipinski definition) is 2. The third-order valence-electron chi connectivity index (χ3n) is 3.68. The first-order chi connectivity index (χ1) is 10.6.